The molecule has 2 heterocycles. The molecule has 2 nitrogen and oxygen atoms in total. The quantitative estimate of drug-likeness (QED) is 0.304. The Balaban J connectivity index is 1.81. The molecule has 4 aromatic carbocycles. The second kappa shape index (κ2) is 5.69. The van der Waals surface area contributed by atoms with Gasteiger partial charge < -0.3 is 4.57 Å². The number of rotatable bonds is 1. The summed E-state index contributed by atoms with van der Waals surface area (Å²) in [7, 11) is 0. The summed E-state index contributed by atoms with van der Waals surface area (Å²) in [6, 6.07) is 31.8. The van der Waals surface area contributed by atoms with Gasteiger partial charge in [0.25, 0.3) is 0 Å². The van der Waals surface area contributed by atoms with E-state index in [4.69, 9.17) is 0 Å². The summed E-state index contributed by atoms with van der Waals surface area (Å²) in [5.41, 5.74) is 4.17. The molecule has 0 aliphatic heterocycles. The third-order valence-corrected chi connectivity index (χ3v) is 6.64. The molecule has 3 heteroatoms. The van der Waals surface area contributed by atoms with Gasteiger partial charge in [-0.25, -0.2) is 0 Å². The Bertz CT molecular complexity index is 1580. The second-order valence-electron chi connectivity index (χ2n) is 6.95. The predicted octanol–water partition coefficient (Wildman–Crippen LogP) is 7.02. The van der Waals surface area contributed by atoms with Gasteiger partial charge in [-0.05, 0) is 36.4 Å². The summed E-state index contributed by atoms with van der Waals surface area (Å²) in [6.07, 6.45) is 0. The van der Waals surface area contributed by atoms with Crippen molar-refractivity contribution in [2.45, 2.75) is 0 Å². The molecule has 0 amide bonds. The van der Waals surface area contributed by atoms with Crippen molar-refractivity contribution in [1.29, 1.82) is 5.26 Å². The second-order valence-corrected chi connectivity index (χ2v) is 8.00. The van der Waals surface area contributed by atoms with E-state index in [1.165, 1.54) is 31.2 Å². The van der Waals surface area contributed by atoms with Crippen molar-refractivity contribution in [1.82, 2.24) is 4.57 Å². The lowest BCUT2D eigenvalue weighted by Gasteiger charge is -2.09. The average Bonchev–Trinajstić information content (AvgIpc) is 3.29. The Morgan fingerprint density at radius 1 is 0.679 bits per heavy atom. The van der Waals surface area contributed by atoms with Crippen LogP contribution in [0.25, 0.3) is 47.7 Å². The first-order valence-electron chi connectivity index (χ1n) is 9.19. The molecule has 0 saturated heterocycles. The Kier molecular flexibility index (Phi) is 3.14. The fourth-order valence-electron chi connectivity index (χ4n) is 4.21. The summed E-state index contributed by atoms with van der Waals surface area (Å²) in [4.78, 5) is 0. The van der Waals surface area contributed by atoms with Gasteiger partial charge >= 0.3 is 0 Å². The van der Waals surface area contributed by atoms with Crippen LogP contribution in [0, 0.1) is 11.3 Å². The smallest absolute Gasteiger partial charge is 0.0991 e. The predicted molar refractivity (Wildman–Crippen MR) is 118 cm³/mol. The van der Waals surface area contributed by atoms with E-state index in [9.17, 15) is 5.26 Å². The van der Waals surface area contributed by atoms with Gasteiger partial charge in [-0.2, -0.15) is 5.26 Å². The number of aromatic nitrogens is 1. The molecule has 0 spiro atoms. The van der Waals surface area contributed by atoms with Crippen molar-refractivity contribution in [3.63, 3.8) is 0 Å². The maximum Gasteiger partial charge on any atom is 0.0991 e. The monoisotopic (exact) mass is 374 g/mol. The minimum Gasteiger partial charge on any atom is -0.308 e. The first-order valence-corrected chi connectivity index (χ1v) is 10.0. The van der Waals surface area contributed by atoms with Gasteiger partial charge in [0.1, 0.15) is 0 Å². The van der Waals surface area contributed by atoms with Crippen LogP contribution < -0.4 is 0 Å². The van der Waals surface area contributed by atoms with Crippen LogP contribution in [0.15, 0.2) is 84.9 Å². The van der Waals surface area contributed by atoms with Gasteiger partial charge in [-0.1, -0.05) is 48.5 Å². The van der Waals surface area contributed by atoms with Crippen LogP contribution >= 0.6 is 11.3 Å². The number of fused-ring (bicyclic) bond motifs is 6. The van der Waals surface area contributed by atoms with Gasteiger partial charge in [0.15, 0.2) is 0 Å². The first kappa shape index (κ1) is 15.4. The molecule has 6 rings (SSSR count). The summed E-state index contributed by atoms with van der Waals surface area (Å²) >= 11 is 1.84. The number of thiophene rings is 1. The molecule has 28 heavy (non-hydrogen) atoms. The van der Waals surface area contributed by atoms with Crippen LogP contribution in [-0.2, 0) is 0 Å². The minimum absolute atomic E-state index is 0.690. The molecule has 0 N–H and O–H groups in total. The molecular weight excluding hydrogens is 360 g/mol. The summed E-state index contributed by atoms with van der Waals surface area (Å²) in [6.45, 7) is 0. The Labute approximate surface area is 165 Å². The van der Waals surface area contributed by atoms with Crippen LogP contribution in [0.1, 0.15) is 5.56 Å². The molecule has 0 radical (unpaired) electrons. The average molecular weight is 374 g/mol. The maximum absolute atomic E-state index is 9.36. The maximum atomic E-state index is 9.36. The molecule has 0 aliphatic rings. The van der Waals surface area contributed by atoms with E-state index in [2.05, 4.69) is 83.4 Å². The fourth-order valence-corrected chi connectivity index (χ4v) is 5.42. The zero-order valence-electron chi connectivity index (χ0n) is 14.9. The van der Waals surface area contributed by atoms with E-state index >= 15 is 0 Å². The highest BCUT2D eigenvalue weighted by Crippen LogP contribution is 2.40. The number of hydrogen-bond acceptors (Lipinski definition) is 2. The third kappa shape index (κ3) is 2.01. The molecule has 0 unspecified atom stereocenters. The van der Waals surface area contributed by atoms with Crippen LogP contribution in [0.4, 0.5) is 0 Å². The lowest BCUT2D eigenvalue weighted by Crippen LogP contribution is -1.93. The van der Waals surface area contributed by atoms with Gasteiger partial charge in [0.05, 0.1) is 33.1 Å². The van der Waals surface area contributed by atoms with Crippen molar-refractivity contribution in [3.8, 4) is 11.8 Å². The van der Waals surface area contributed by atoms with Crippen LogP contribution in [0.5, 0.6) is 0 Å². The van der Waals surface area contributed by atoms with E-state index in [-0.39, 0.29) is 0 Å². The number of hydrogen-bond donors (Lipinski definition) is 0. The van der Waals surface area contributed by atoms with Gasteiger partial charge in [-0.3, -0.25) is 0 Å². The van der Waals surface area contributed by atoms with Gasteiger partial charge in [-0.15, -0.1) is 11.3 Å². The van der Waals surface area contributed by atoms with Gasteiger partial charge in [0.2, 0.25) is 0 Å². The number of para-hydroxylation sites is 1. The molecule has 0 aliphatic carbocycles. The highest BCUT2D eigenvalue weighted by atomic mass is 32.1. The molecule has 130 valence electrons. The Morgan fingerprint density at radius 2 is 1.43 bits per heavy atom. The number of nitriles is 1. The third-order valence-electron chi connectivity index (χ3n) is 5.43. The van der Waals surface area contributed by atoms with E-state index in [0.717, 1.165) is 16.4 Å². The molecular formula is C25H14N2S. The normalized spacial score (nSPS) is 11.5. The van der Waals surface area contributed by atoms with Crippen LogP contribution in [0.2, 0.25) is 0 Å². The topological polar surface area (TPSA) is 28.7 Å². The summed E-state index contributed by atoms with van der Waals surface area (Å²) in [5.74, 6) is 0. The zero-order valence-corrected chi connectivity index (χ0v) is 15.7. The van der Waals surface area contributed by atoms with Crippen molar-refractivity contribution in [2.24, 2.45) is 0 Å². The molecule has 2 aromatic heterocycles. The lowest BCUT2D eigenvalue weighted by atomic mass is 10.1. The van der Waals surface area contributed by atoms with E-state index in [0.29, 0.717) is 5.56 Å². The molecule has 0 bridgehead atoms. The highest BCUT2D eigenvalue weighted by molar-refractivity contribution is 7.26. The fraction of sp³-hybridized carbons (Fsp3) is 0. The summed E-state index contributed by atoms with van der Waals surface area (Å²) in [5, 5.41) is 14.2. The largest absolute Gasteiger partial charge is 0.308 e. The van der Waals surface area contributed by atoms with Crippen molar-refractivity contribution in [3.05, 3.63) is 90.5 Å². The highest BCUT2D eigenvalue weighted by Gasteiger charge is 2.16. The minimum atomic E-state index is 0.690. The molecule has 0 atom stereocenters. The van der Waals surface area contributed by atoms with Gasteiger partial charge in [0, 0.05) is 26.2 Å². The first-order chi connectivity index (χ1) is 13.8. The number of benzene rings is 4. The number of nitrogens with zero attached hydrogens (tertiary/aromatic N) is 2. The summed E-state index contributed by atoms with van der Waals surface area (Å²) < 4.78 is 4.93. The van der Waals surface area contributed by atoms with E-state index in [1.807, 2.05) is 23.5 Å². The van der Waals surface area contributed by atoms with E-state index < -0.39 is 0 Å². The Morgan fingerprint density at radius 3 is 2.32 bits per heavy atom. The van der Waals surface area contributed by atoms with Crippen molar-refractivity contribution < 1.29 is 0 Å². The lowest BCUT2D eigenvalue weighted by molar-refractivity contribution is 1.20. The Hall–Kier alpha value is -3.61. The molecule has 0 fully saturated rings. The van der Waals surface area contributed by atoms with Crippen LogP contribution in [0.3, 0.4) is 0 Å². The zero-order chi connectivity index (χ0) is 18.7. The standard InChI is InChI=1S/C25H14N2S/c26-15-16-12-13-22-20(14-16)17-6-1-3-9-21(17)27(22)23-10-5-8-19-18-7-2-4-11-24(18)28-25(19)23/h1-14H. The van der Waals surface area contributed by atoms with Crippen molar-refractivity contribution in [2.75, 3.05) is 0 Å². The molecule has 0 saturated carbocycles. The van der Waals surface area contributed by atoms with Crippen molar-refractivity contribution >= 4 is 53.3 Å². The van der Waals surface area contributed by atoms with E-state index in [1.54, 1.807) is 0 Å². The SMILES string of the molecule is N#Cc1ccc2c(c1)c1ccccc1n2-c1cccc2c1sc1ccccc12. The molecule has 6 aromatic rings. The van der Waals surface area contributed by atoms with Crippen LogP contribution in [-0.4, -0.2) is 4.57 Å².